The molecular formula is C22H32O5. The van der Waals surface area contributed by atoms with Crippen LogP contribution in [0.15, 0.2) is 23.8 Å². The molecule has 6 atom stereocenters. The highest BCUT2D eigenvalue weighted by Crippen LogP contribution is 2.70. The first kappa shape index (κ1) is 19.2. The van der Waals surface area contributed by atoms with Crippen molar-refractivity contribution < 1.29 is 24.1 Å². The highest BCUT2D eigenvalue weighted by Gasteiger charge is 2.66. The molecule has 0 unspecified atom stereocenters. The minimum atomic E-state index is -0.804. The number of esters is 1. The average Bonchev–Trinajstić information content (AvgIpc) is 2.95. The van der Waals surface area contributed by atoms with Crippen molar-refractivity contribution in [2.45, 2.75) is 65.1 Å². The minimum absolute atomic E-state index is 0.0316. The van der Waals surface area contributed by atoms with Crippen LogP contribution >= 0.6 is 0 Å². The van der Waals surface area contributed by atoms with Crippen molar-refractivity contribution >= 4 is 5.97 Å². The fraction of sp³-hybridized carbons (Fsp3) is 0.773. The standard InChI is InChI=1S/C22H32O5/c1-14-7-10-22(4)20(2,9-8-18-21(22,3)12-25-13-27-18)16(14)6-5-15-17(23)11-26-19(15)24/h5,16-18,23H,1,6-13H2,2-4H3/b15-5+/t16-,17-,18-,20+,21-,22+/m1/s1. The summed E-state index contributed by atoms with van der Waals surface area (Å²) in [5.41, 5.74) is 1.73. The van der Waals surface area contributed by atoms with E-state index in [0.717, 1.165) is 38.7 Å². The Morgan fingerprint density at radius 2 is 2.04 bits per heavy atom. The Morgan fingerprint density at radius 1 is 1.26 bits per heavy atom. The SMILES string of the molecule is C=C1CC[C@@]2(C)[C@@](C)(CC[C@H]3OCOC[C@]32C)[C@@H]1C/C=C1/C(=O)OC[C@H]1O. The highest BCUT2D eigenvalue weighted by atomic mass is 16.7. The number of hydrogen-bond donors (Lipinski definition) is 1. The molecule has 150 valence electrons. The lowest BCUT2D eigenvalue weighted by atomic mass is 9.38. The molecule has 0 bridgehead atoms. The topological polar surface area (TPSA) is 65.0 Å². The van der Waals surface area contributed by atoms with Crippen molar-refractivity contribution in [3.05, 3.63) is 23.8 Å². The molecule has 4 fully saturated rings. The Labute approximate surface area is 161 Å². The van der Waals surface area contributed by atoms with Crippen LogP contribution < -0.4 is 0 Å². The van der Waals surface area contributed by atoms with Crippen molar-refractivity contribution in [2.24, 2.45) is 22.2 Å². The normalized spacial score (nSPS) is 48.9. The van der Waals surface area contributed by atoms with E-state index in [2.05, 4.69) is 27.4 Å². The maximum Gasteiger partial charge on any atom is 0.336 e. The van der Waals surface area contributed by atoms with E-state index in [9.17, 15) is 9.90 Å². The number of cyclic esters (lactones) is 1. The third-order valence-electron chi connectivity index (χ3n) is 8.66. The van der Waals surface area contributed by atoms with E-state index < -0.39 is 6.10 Å². The average molecular weight is 376 g/mol. The Kier molecular flexibility index (Phi) is 4.56. The van der Waals surface area contributed by atoms with E-state index in [1.165, 1.54) is 5.57 Å². The maximum absolute atomic E-state index is 11.9. The Morgan fingerprint density at radius 3 is 2.74 bits per heavy atom. The Bertz CT molecular complexity index is 684. The van der Waals surface area contributed by atoms with Crippen LogP contribution in [0.2, 0.25) is 0 Å². The highest BCUT2D eigenvalue weighted by molar-refractivity contribution is 5.91. The second kappa shape index (κ2) is 6.43. The van der Waals surface area contributed by atoms with Crippen molar-refractivity contribution in [1.29, 1.82) is 0 Å². The first-order valence-corrected chi connectivity index (χ1v) is 10.2. The molecule has 0 aromatic carbocycles. The fourth-order valence-electron chi connectivity index (χ4n) is 6.46. The number of carbonyl (C=O) groups excluding carboxylic acids is 1. The Hall–Kier alpha value is -1.17. The monoisotopic (exact) mass is 376 g/mol. The second-order valence-corrected chi connectivity index (χ2v) is 9.55. The molecule has 5 heteroatoms. The zero-order valence-corrected chi connectivity index (χ0v) is 16.8. The lowest BCUT2D eigenvalue weighted by molar-refractivity contribution is -0.291. The number of allylic oxidation sites excluding steroid dienone is 2. The van der Waals surface area contributed by atoms with Gasteiger partial charge < -0.3 is 19.3 Å². The summed E-state index contributed by atoms with van der Waals surface area (Å²) in [5, 5.41) is 10.0. The van der Waals surface area contributed by atoms with E-state index in [0.29, 0.717) is 12.4 Å². The fourth-order valence-corrected chi connectivity index (χ4v) is 6.46. The van der Waals surface area contributed by atoms with Crippen LogP contribution in [0.3, 0.4) is 0 Å². The summed E-state index contributed by atoms with van der Waals surface area (Å²) < 4.78 is 16.8. The van der Waals surface area contributed by atoms with Gasteiger partial charge in [-0.1, -0.05) is 39.0 Å². The molecule has 0 spiro atoms. The molecule has 1 N–H and O–H groups in total. The van der Waals surface area contributed by atoms with E-state index in [4.69, 9.17) is 14.2 Å². The largest absolute Gasteiger partial charge is 0.459 e. The van der Waals surface area contributed by atoms with Gasteiger partial charge in [0.25, 0.3) is 0 Å². The molecule has 0 radical (unpaired) electrons. The first-order chi connectivity index (χ1) is 12.7. The molecule has 2 aliphatic heterocycles. The number of rotatable bonds is 2. The van der Waals surface area contributed by atoms with Crippen LogP contribution in [0.25, 0.3) is 0 Å². The van der Waals surface area contributed by atoms with Crippen LogP contribution in [0.4, 0.5) is 0 Å². The summed E-state index contributed by atoms with van der Waals surface area (Å²) in [6, 6.07) is 0. The van der Waals surface area contributed by atoms with Gasteiger partial charge in [0.05, 0.1) is 18.3 Å². The molecule has 0 aromatic rings. The Balaban J connectivity index is 1.67. The molecule has 2 heterocycles. The zero-order valence-electron chi connectivity index (χ0n) is 16.8. The summed E-state index contributed by atoms with van der Waals surface area (Å²) in [6.07, 6.45) is 6.21. The summed E-state index contributed by atoms with van der Waals surface area (Å²) in [5.74, 6) is -0.120. The summed E-state index contributed by atoms with van der Waals surface area (Å²) in [4.78, 5) is 11.9. The molecule has 5 nitrogen and oxygen atoms in total. The third kappa shape index (κ3) is 2.58. The van der Waals surface area contributed by atoms with Crippen LogP contribution in [-0.4, -0.2) is 43.3 Å². The zero-order chi connectivity index (χ0) is 19.4. The molecule has 0 amide bonds. The molecule has 27 heavy (non-hydrogen) atoms. The van der Waals surface area contributed by atoms with Gasteiger partial charge in [-0.2, -0.15) is 0 Å². The molecule has 4 aliphatic rings. The summed E-state index contributed by atoms with van der Waals surface area (Å²) >= 11 is 0. The smallest absolute Gasteiger partial charge is 0.336 e. The molecule has 2 saturated carbocycles. The molecule has 4 rings (SSSR count). The van der Waals surface area contributed by atoms with E-state index in [-0.39, 0.29) is 40.8 Å². The van der Waals surface area contributed by atoms with Gasteiger partial charge in [-0.25, -0.2) is 4.79 Å². The lowest BCUT2D eigenvalue weighted by Crippen LogP contribution is -2.66. The van der Waals surface area contributed by atoms with Crippen molar-refractivity contribution in [1.82, 2.24) is 0 Å². The molecule has 2 saturated heterocycles. The number of hydrogen-bond acceptors (Lipinski definition) is 5. The van der Waals surface area contributed by atoms with Crippen molar-refractivity contribution in [3.63, 3.8) is 0 Å². The lowest BCUT2D eigenvalue weighted by Gasteiger charge is -2.68. The predicted octanol–water partition coefficient (Wildman–Crippen LogP) is 3.37. The van der Waals surface area contributed by atoms with Gasteiger partial charge in [0.1, 0.15) is 19.5 Å². The van der Waals surface area contributed by atoms with Crippen LogP contribution in [0.1, 0.15) is 52.9 Å². The third-order valence-corrected chi connectivity index (χ3v) is 8.66. The van der Waals surface area contributed by atoms with Crippen molar-refractivity contribution in [2.75, 3.05) is 20.0 Å². The maximum atomic E-state index is 11.9. The van der Waals surface area contributed by atoms with Gasteiger partial charge in [-0.3, -0.25) is 0 Å². The van der Waals surface area contributed by atoms with Crippen LogP contribution in [0.5, 0.6) is 0 Å². The minimum Gasteiger partial charge on any atom is -0.459 e. The first-order valence-electron chi connectivity index (χ1n) is 10.2. The number of fused-ring (bicyclic) bond motifs is 3. The number of ether oxygens (including phenoxy) is 3. The van der Waals surface area contributed by atoms with Crippen molar-refractivity contribution in [3.8, 4) is 0 Å². The van der Waals surface area contributed by atoms with Gasteiger partial charge in [-0.05, 0) is 48.9 Å². The van der Waals surface area contributed by atoms with Gasteiger partial charge in [0, 0.05) is 5.41 Å². The van der Waals surface area contributed by atoms with Crippen LogP contribution in [0, 0.1) is 22.2 Å². The quantitative estimate of drug-likeness (QED) is 0.455. The van der Waals surface area contributed by atoms with E-state index >= 15 is 0 Å². The summed E-state index contributed by atoms with van der Waals surface area (Å²) in [7, 11) is 0. The second-order valence-electron chi connectivity index (χ2n) is 9.55. The van der Waals surface area contributed by atoms with Gasteiger partial charge in [0.15, 0.2) is 0 Å². The van der Waals surface area contributed by atoms with E-state index in [1.807, 2.05) is 6.08 Å². The molecule has 0 aromatic heterocycles. The number of aliphatic hydroxyl groups excluding tert-OH is 1. The van der Waals surface area contributed by atoms with Gasteiger partial charge in [-0.15, -0.1) is 0 Å². The van der Waals surface area contributed by atoms with Gasteiger partial charge in [0.2, 0.25) is 0 Å². The molecular weight excluding hydrogens is 344 g/mol. The predicted molar refractivity (Wildman–Crippen MR) is 101 cm³/mol. The van der Waals surface area contributed by atoms with E-state index in [1.54, 1.807) is 0 Å². The number of aliphatic hydroxyl groups is 1. The molecule has 2 aliphatic carbocycles. The summed E-state index contributed by atoms with van der Waals surface area (Å²) in [6.45, 7) is 12.7. The van der Waals surface area contributed by atoms with Crippen LogP contribution in [-0.2, 0) is 19.0 Å². The number of carbonyl (C=O) groups is 1. The van der Waals surface area contributed by atoms with Gasteiger partial charge >= 0.3 is 5.97 Å².